The predicted molar refractivity (Wildman–Crippen MR) is 106 cm³/mol. The van der Waals surface area contributed by atoms with Crippen molar-refractivity contribution in [1.29, 1.82) is 0 Å². The van der Waals surface area contributed by atoms with E-state index >= 15 is 0 Å². The maximum Gasteiger partial charge on any atom is 0.276 e. The number of halogens is 2. The topological polar surface area (TPSA) is 69.0 Å². The third kappa shape index (κ3) is 4.29. The van der Waals surface area contributed by atoms with E-state index in [-0.39, 0.29) is 22.6 Å². The summed E-state index contributed by atoms with van der Waals surface area (Å²) in [5.41, 5.74) is 1.36. The van der Waals surface area contributed by atoms with E-state index in [9.17, 15) is 9.18 Å². The van der Waals surface area contributed by atoms with Gasteiger partial charge in [0.1, 0.15) is 5.69 Å². The van der Waals surface area contributed by atoms with E-state index in [2.05, 4.69) is 27.2 Å². The van der Waals surface area contributed by atoms with E-state index in [1.54, 1.807) is 0 Å². The Labute approximate surface area is 171 Å². The van der Waals surface area contributed by atoms with Crippen LogP contribution < -0.4 is 5.32 Å². The standard InChI is InChI=1S/C21H16ClFN4O2/c22-17-12-25-27(16-8-9-29-13-16)19(17)21(28)26-20-18(23)10-15(11-24-20)7-6-14-4-2-1-3-5-14/h1-5,10-12,16H,8-9,13H2,(H,24,26,28)/t16-/m0/s1. The minimum absolute atomic E-state index is 0.0864. The molecule has 6 nitrogen and oxygen atoms in total. The van der Waals surface area contributed by atoms with Gasteiger partial charge in [0.15, 0.2) is 11.6 Å². The van der Waals surface area contributed by atoms with Gasteiger partial charge in [0.2, 0.25) is 0 Å². The number of nitrogens with zero attached hydrogens (tertiary/aromatic N) is 3. The molecule has 0 unspecified atom stereocenters. The van der Waals surface area contributed by atoms with Crippen molar-refractivity contribution in [1.82, 2.24) is 14.8 Å². The van der Waals surface area contributed by atoms with Gasteiger partial charge in [-0.05, 0) is 24.6 Å². The number of rotatable bonds is 3. The zero-order chi connectivity index (χ0) is 20.2. The molecule has 1 amide bonds. The van der Waals surface area contributed by atoms with Crippen molar-refractivity contribution in [2.45, 2.75) is 12.5 Å². The molecule has 0 saturated carbocycles. The monoisotopic (exact) mass is 410 g/mol. The van der Waals surface area contributed by atoms with Crippen LogP contribution in [-0.4, -0.2) is 33.9 Å². The summed E-state index contributed by atoms with van der Waals surface area (Å²) in [5, 5.41) is 6.80. The number of hydrogen-bond donors (Lipinski definition) is 1. The first-order valence-corrected chi connectivity index (χ1v) is 9.34. The summed E-state index contributed by atoms with van der Waals surface area (Å²) >= 11 is 6.13. The van der Waals surface area contributed by atoms with Gasteiger partial charge in [-0.1, -0.05) is 41.6 Å². The highest BCUT2D eigenvalue weighted by Crippen LogP contribution is 2.25. The minimum Gasteiger partial charge on any atom is -0.379 e. The number of carbonyl (C=O) groups excluding carboxylic acids is 1. The molecule has 1 aromatic carbocycles. The van der Waals surface area contributed by atoms with Crippen LogP contribution in [0.2, 0.25) is 5.02 Å². The molecule has 1 aliphatic rings. The van der Waals surface area contributed by atoms with Gasteiger partial charge in [0, 0.05) is 23.9 Å². The van der Waals surface area contributed by atoms with Crippen molar-refractivity contribution in [3.05, 3.63) is 76.5 Å². The Bertz CT molecular complexity index is 1100. The Morgan fingerprint density at radius 3 is 2.76 bits per heavy atom. The number of hydrogen-bond acceptors (Lipinski definition) is 4. The number of nitrogens with one attached hydrogen (secondary N) is 1. The average Bonchev–Trinajstić information content (AvgIpc) is 3.38. The van der Waals surface area contributed by atoms with Gasteiger partial charge in [-0.25, -0.2) is 9.37 Å². The van der Waals surface area contributed by atoms with E-state index in [1.807, 2.05) is 30.3 Å². The molecule has 3 heterocycles. The minimum atomic E-state index is -0.690. The van der Waals surface area contributed by atoms with Crippen molar-refractivity contribution >= 4 is 23.3 Å². The summed E-state index contributed by atoms with van der Waals surface area (Å²) < 4.78 is 21.3. The highest BCUT2D eigenvalue weighted by molar-refractivity contribution is 6.34. The van der Waals surface area contributed by atoms with E-state index < -0.39 is 11.7 Å². The molecule has 0 aliphatic carbocycles. The molecule has 3 aromatic rings. The van der Waals surface area contributed by atoms with Crippen molar-refractivity contribution < 1.29 is 13.9 Å². The summed E-state index contributed by atoms with van der Waals surface area (Å²) in [6, 6.07) is 10.5. The van der Waals surface area contributed by atoms with E-state index in [4.69, 9.17) is 16.3 Å². The molecular weight excluding hydrogens is 395 g/mol. The first-order valence-electron chi connectivity index (χ1n) is 8.96. The van der Waals surface area contributed by atoms with Crippen molar-refractivity contribution in [2.75, 3.05) is 18.5 Å². The molecule has 2 aromatic heterocycles. The van der Waals surface area contributed by atoms with Crippen LogP contribution in [0.4, 0.5) is 10.2 Å². The molecule has 1 N–H and O–H groups in total. The molecule has 1 atom stereocenters. The number of benzene rings is 1. The lowest BCUT2D eigenvalue weighted by Gasteiger charge is -2.13. The average molecular weight is 411 g/mol. The quantitative estimate of drug-likeness (QED) is 0.669. The summed E-state index contributed by atoms with van der Waals surface area (Å²) in [5.74, 6) is 4.30. The van der Waals surface area contributed by atoms with Crippen molar-refractivity contribution in [3.8, 4) is 11.8 Å². The summed E-state index contributed by atoms with van der Waals surface area (Å²) in [6.07, 6.45) is 3.51. The molecule has 146 valence electrons. The van der Waals surface area contributed by atoms with Crippen LogP contribution in [0.5, 0.6) is 0 Å². The summed E-state index contributed by atoms with van der Waals surface area (Å²) in [6.45, 7) is 1.03. The maximum absolute atomic E-state index is 14.5. The fraction of sp³-hybridized carbons (Fsp3) is 0.190. The van der Waals surface area contributed by atoms with Crippen molar-refractivity contribution in [3.63, 3.8) is 0 Å². The van der Waals surface area contributed by atoms with Gasteiger partial charge in [0.05, 0.1) is 23.9 Å². The Hall–Kier alpha value is -3.21. The number of carbonyl (C=O) groups is 1. The normalized spacial score (nSPS) is 15.6. The van der Waals surface area contributed by atoms with Gasteiger partial charge in [-0.3, -0.25) is 9.48 Å². The number of pyridine rings is 1. The second-order valence-corrected chi connectivity index (χ2v) is 6.83. The fourth-order valence-corrected chi connectivity index (χ4v) is 3.19. The van der Waals surface area contributed by atoms with Gasteiger partial charge < -0.3 is 10.1 Å². The number of ether oxygens (including phenoxy) is 1. The van der Waals surface area contributed by atoms with Crippen LogP contribution in [0, 0.1) is 17.7 Å². The highest BCUT2D eigenvalue weighted by atomic mass is 35.5. The van der Waals surface area contributed by atoms with Gasteiger partial charge in [0.25, 0.3) is 5.91 Å². The van der Waals surface area contributed by atoms with Crippen LogP contribution in [0.1, 0.15) is 34.1 Å². The van der Waals surface area contributed by atoms with Gasteiger partial charge >= 0.3 is 0 Å². The molecule has 0 spiro atoms. The molecule has 0 radical (unpaired) electrons. The lowest BCUT2D eigenvalue weighted by molar-refractivity contribution is 0.101. The zero-order valence-corrected chi connectivity index (χ0v) is 16.0. The number of anilines is 1. The molecule has 1 fully saturated rings. The van der Waals surface area contributed by atoms with E-state index in [1.165, 1.54) is 23.1 Å². The Morgan fingerprint density at radius 1 is 1.24 bits per heavy atom. The lowest BCUT2D eigenvalue weighted by Crippen LogP contribution is -2.22. The SMILES string of the molecule is O=C(Nc1ncc(C#Cc2ccccc2)cc1F)c1c(Cl)cnn1[C@H]1CCOC1. The third-order valence-corrected chi connectivity index (χ3v) is 4.69. The second-order valence-electron chi connectivity index (χ2n) is 6.43. The zero-order valence-electron chi connectivity index (χ0n) is 15.2. The molecule has 1 saturated heterocycles. The molecular formula is C21H16ClFN4O2. The number of amides is 1. The molecule has 4 rings (SSSR count). The van der Waals surface area contributed by atoms with E-state index in [0.29, 0.717) is 18.8 Å². The first-order chi connectivity index (χ1) is 14.1. The largest absolute Gasteiger partial charge is 0.379 e. The van der Waals surface area contributed by atoms with Crippen molar-refractivity contribution in [2.24, 2.45) is 0 Å². The van der Waals surface area contributed by atoms with Crippen LogP contribution >= 0.6 is 11.6 Å². The molecule has 0 bridgehead atoms. The lowest BCUT2D eigenvalue weighted by atomic mass is 10.2. The van der Waals surface area contributed by atoms with Crippen LogP contribution in [0.15, 0.2) is 48.8 Å². The van der Waals surface area contributed by atoms with Crippen LogP contribution in [-0.2, 0) is 4.74 Å². The molecule has 1 aliphatic heterocycles. The molecule has 29 heavy (non-hydrogen) atoms. The van der Waals surface area contributed by atoms with Gasteiger partial charge in [-0.2, -0.15) is 5.10 Å². The van der Waals surface area contributed by atoms with Crippen LogP contribution in [0.3, 0.4) is 0 Å². The Kier molecular flexibility index (Phi) is 5.56. The summed E-state index contributed by atoms with van der Waals surface area (Å²) in [7, 11) is 0. The highest BCUT2D eigenvalue weighted by Gasteiger charge is 2.26. The van der Waals surface area contributed by atoms with Crippen LogP contribution in [0.25, 0.3) is 0 Å². The third-order valence-electron chi connectivity index (χ3n) is 4.42. The van der Waals surface area contributed by atoms with E-state index in [0.717, 1.165) is 12.0 Å². The Balaban J connectivity index is 1.52. The fourth-order valence-electron chi connectivity index (χ4n) is 2.98. The molecule has 8 heteroatoms. The summed E-state index contributed by atoms with van der Waals surface area (Å²) in [4.78, 5) is 16.7. The first kappa shape index (κ1) is 19.1. The van der Waals surface area contributed by atoms with Gasteiger partial charge in [-0.15, -0.1) is 0 Å². The predicted octanol–water partition coefficient (Wildman–Crippen LogP) is 3.68. The smallest absolute Gasteiger partial charge is 0.276 e. The second kappa shape index (κ2) is 8.43. The maximum atomic E-state index is 14.5. The number of aromatic nitrogens is 3. The Morgan fingerprint density at radius 2 is 2.03 bits per heavy atom.